The Morgan fingerprint density at radius 2 is 2.08 bits per heavy atom. The molecule has 5 nitrogen and oxygen atoms in total. The van der Waals surface area contributed by atoms with Crippen LogP contribution in [0.2, 0.25) is 0 Å². The number of ether oxygens (including phenoxy) is 1. The van der Waals surface area contributed by atoms with Crippen LogP contribution in [-0.4, -0.2) is 49.6 Å². The maximum Gasteiger partial charge on any atom is 0.387 e. The predicted octanol–water partition coefficient (Wildman–Crippen LogP) is 2.53. The van der Waals surface area contributed by atoms with Gasteiger partial charge in [-0.25, -0.2) is 0 Å². The number of rotatable bonds is 6. The highest BCUT2D eigenvalue weighted by Gasteiger charge is 2.28. The topological polar surface area (TPSA) is 53.6 Å². The largest absolute Gasteiger partial charge is 0.435 e. The van der Waals surface area contributed by atoms with Crippen molar-refractivity contribution in [3.05, 3.63) is 23.3 Å². The Labute approximate surface area is 141 Å². The lowest BCUT2D eigenvalue weighted by atomic mass is 10.1. The summed E-state index contributed by atoms with van der Waals surface area (Å²) in [7, 11) is 0. The molecule has 1 fully saturated rings. The van der Waals surface area contributed by atoms with Gasteiger partial charge in [-0.3, -0.25) is 9.69 Å². The molecule has 1 aromatic carbocycles. The lowest BCUT2D eigenvalue weighted by Crippen LogP contribution is -2.56. The smallest absolute Gasteiger partial charge is 0.387 e. The Morgan fingerprint density at radius 3 is 2.67 bits per heavy atom. The van der Waals surface area contributed by atoms with E-state index in [2.05, 4.69) is 27.2 Å². The molecule has 134 valence electrons. The van der Waals surface area contributed by atoms with Crippen LogP contribution in [0, 0.1) is 13.8 Å². The number of nitrogens with zero attached hydrogens (tertiary/aromatic N) is 1. The third kappa shape index (κ3) is 4.64. The van der Waals surface area contributed by atoms with E-state index in [-0.39, 0.29) is 17.7 Å². The lowest BCUT2D eigenvalue weighted by Gasteiger charge is -2.35. The molecule has 24 heavy (non-hydrogen) atoms. The first-order chi connectivity index (χ1) is 11.4. The number of anilines is 1. The summed E-state index contributed by atoms with van der Waals surface area (Å²) in [6.07, 6.45) is 0.988. The molecule has 0 spiro atoms. The molecule has 0 bridgehead atoms. The van der Waals surface area contributed by atoms with Gasteiger partial charge in [0, 0.05) is 25.3 Å². The lowest BCUT2D eigenvalue weighted by molar-refractivity contribution is -0.121. The molecular weight excluding hydrogens is 316 g/mol. The van der Waals surface area contributed by atoms with Crippen LogP contribution in [0.1, 0.15) is 24.5 Å². The van der Waals surface area contributed by atoms with Gasteiger partial charge in [0.15, 0.2) is 0 Å². The molecule has 2 N–H and O–H groups in total. The van der Waals surface area contributed by atoms with E-state index in [1.165, 1.54) is 12.1 Å². The van der Waals surface area contributed by atoms with Crippen molar-refractivity contribution in [2.45, 2.75) is 39.8 Å². The molecule has 0 radical (unpaired) electrons. The number of piperazine rings is 1. The molecule has 1 saturated heterocycles. The van der Waals surface area contributed by atoms with Crippen molar-refractivity contribution in [3.63, 3.8) is 0 Å². The van der Waals surface area contributed by atoms with E-state index >= 15 is 0 Å². The van der Waals surface area contributed by atoms with Gasteiger partial charge in [0.25, 0.3) is 0 Å². The number of carbonyl (C=O) groups is 1. The van der Waals surface area contributed by atoms with Crippen molar-refractivity contribution < 1.29 is 18.3 Å². The van der Waals surface area contributed by atoms with Gasteiger partial charge in [-0.2, -0.15) is 8.78 Å². The van der Waals surface area contributed by atoms with Gasteiger partial charge in [-0.1, -0.05) is 6.92 Å². The fourth-order valence-electron chi connectivity index (χ4n) is 3.06. The summed E-state index contributed by atoms with van der Waals surface area (Å²) in [6, 6.07) is 2.80. The zero-order valence-corrected chi connectivity index (χ0v) is 14.4. The first kappa shape index (κ1) is 18.6. The zero-order valence-electron chi connectivity index (χ0n) is 14.4. The first-order valence-corrected chi connectivity index (χ1v) is 8.24. The van der Waals surface area contributed by atoms with Crippen LogP contribution in [0.3, 0.4) is 0 Å². The normalized spacial score (nSPS) is 18.7. The standard InChI is InChI=1S/C17H25F2N3O2/c1-4-6-22-7-5-20-10-14(22)16(23)21-15-11(2)8-13(9-12(15)3)24-17(18)19/h8-9,14,17,20H,4-7,10H2,1-3H3,(H,21,23). The summed E-state index contributed by atoms with van der Waals surface area (Å²) >= 11 is 0. The van der Waals surface area contributed by atoms with Crippen LogP contribution in [0.5, 0.6) is 5.75 Å². The molecule has 7 heteroatoms. The van der Waals surface area contributed by atoms with E-state index in [0.29, 0.717) is 23.4 Å². The van der Waals surface area contributed by atoms with Gasteiger partial charge >= 0.3 is 6.61 Å². The Morgan fingerprint density at radius 1 is 1.42 bits per heavy atom. The summed E-state index contributed by atoms with van der Waals surface area (Å²) in [5.41, 5.74) is 2.05. The van der Waals surface area contributed by atoms with E-state index in [1.807, 2.05) is 0 Å². The summed E-state index contributed by atoms with van der Waals surface area (Å²) in [6.45, 7) is 5.96. The zero-order chi connectivity index (χ0) is 17.7. The average molecular weight is 341 g/mol. The number of nitrogens with one attached hydrogen (secondary N) is 2. The second-order valence-electron chi connectivity index (χ2n) is 6.06. The van der Waals surface area contributed by atoms with Crippen LogP contribution in [0.15, 0.2) is 12.1 Å². The number of alkyl halides is 2. The van der Waals surface area contributed by atoms with Crippen LogP contribution >= 0.6 is 0 Å². The second-order valence-corrected chi connectivity index (χ2v) is 6.06. The number of hydrogen-bond donors (Lipinski definition) is 2. The highest BCUT2D eigenvalue weighted by atomic mass is 19.3. The van der Waals surface area contributed by atoms with Crippen molar-refractivity contribution in [2.24, 2.45) is 0 Å². The fraction of sp³-hybridized carbons (Fsp3) is 0.588. The number of hydrogen-bond acceptors (Lipinski definition) is 4. The molecule has 2 rings (SSSR count). The number of amides is 1. The first-order valence-electron chi connectivity index (χ1n) is 8.24. The molecule has 1 heterocycles. The number of aryl methyl sites for hydroxylation is 2. The van der Waals surface area contributed by atoms with E-state index in [1.54, 1.807) is 13.8 Å². The highest BCUT2D eigenvalue weighted by Crippen LogP contribution is 2.27. The van der Waals surface area contributed by atoms with Crippen molar-refractivity contribution >= 4 is 11.6 Å². The predicted molar refractivity (Wildman–Crippen MR) is 89.7 cm³/mol. The number of halogens is 2. The van der Waals surface area contributed by atoms with Crippen LogP contribution in [0.25, 0.3) is 0 Å². The molecule has 1 atom stereocenters. The maximum absolute atomic E-state index is 12.7. The van der Waals surface area contributed by atoms with Gasteiger partial charge in [0.05, 0.1) is 0 Å². The third-order valence-corrected chi connectivity index (χ3v) is 4.15. The molecular formula is C17H25F2N3O2. The minimum atomic E-state index is -2.86. The van der Waals surface area contributed by atoms with Gasteiger partial charge < -0.3 is 15.4 Å². The van der Waals surface area contributed by atoms with Gasteiger partial charge in [-0.15, -0.1) is 0 Å². The van der Waals surface area contributed by atoms with Crippen molar-refractivity contribution in [2.75, 3.05) is 31.5 Å². The second kappa shape index (κ2) is 8.39. The van der Waals surface area contributed by atoms with E-state index in [0.717, 1.165) is 26.1 Å². The monoisotopic (exact) mass is 341 g/mol. The Bertz CT molecular complexity index is 556. The van der Waals surface area contributed by atoms with Gasteiger partial charge in [-0.05, 0) is 50.1 Å². The molecule has 0 saturated carbocycles. The molecule has 1 unspecified atom stereocenters. The number of carbonyl (C=O) groups excluding carboxylic acids is 1. The molecule has 0 aromatic heterocycles. The van der Waals surface area contributed by atoms with Gasteiger partial charge in [0.2, 0.25) is 5.91 Å². The molecule has 1 amide bonds. The number of benzene rings is 1. The summed E-state index contributed by atoms with van der Waals surface area (Å²) < 4.78 is 29.1. The quantitative estimate of drug-likeness (QED) is 0.835. The molecule has 0 aliphatic carbocycles. The average Bonchev–Trinajstić information content (AvgIpc) is 2.51. The van der Waals surface area contributed by atoms with E-state index in [9.17, 15) is 13.6 Å². The summed E-state index contributed by atoms with van der Waals surface area (Å²) in [5, 5.41) is 6.20. The van der Waals surface area contributed by atoms with Crippen molar-refractivity contribution in [1.82, 2.24) is 10.2 Å². The molecule has 1 aromatic rings. The fourth-order valence-corrected chi connectivity index (χ4v) is 3.06. The molecule has 1 aliphatic heterocycles. The van der Waals surface area contributed by atoms with Crippen molar-refractivity contribution in [3.8, 4) is 5.75 Å². The maximum atomic E-state index is 12.7. The Balaban J connectivity index is 2.13. The summed E-state index contributed by atoms with van der Waals surface area (Å²) in [5.74, 6) is 0.0225. The Hall–Kier alpha value is -1.73. The highest BCUT2D eigenvalue weighted by molar-refractivity contribution is 5.96. The third-order valence-electron chi connectivity index (χ3n) is 4.15. The van der Waals surface area contributed by atoms with Crippen LogP contribution in [0.4, 0.5) is 14.5 Å². The van der Waals surface area contributed by atoms with Gasteiger partial charge in [0.1, 0.15) is 11.8 Å². The summed E-state index contributed by atoms with van der Waals surface area (Å²) in [4.78, 5) is 14.8. The van der Waals surface area contributed by atoms with E-state index in [4.69, 9.17) is 0 Å². The van der Waals surface area contributed by atoms with Crippen LogP contribution < -0.4 is 15.4 Å². The van der Waals surface area contributed by atoms with Crippen molar-refractivity contribution in [1.29, 1.82) is 0 Å². The minimum Gasteiger partial charge on any atom is -0.435 e. The molecule has 1 aliphatic rings. The SMILES string of the molecule is CCCN1CCNCC1C(=O)Nc1c(C)cc(OC(F)F)cc1C. The minimum absolute atomic E-state index is 0.0793. The Kier molecular flexibility index (Phi) is 6.51. The van der Waals surface area contributed by atoms with E-state index < -0.39 is 6.61 Å². The van der Waals surface area contributed by atoms with Crippen LogP contribution in [-0.2, 0) is 4.79 Å².